The van der Waals surface area contributed by atoms with Crippen LogP contribution in [0.2, 0.25) is 0 Å². The predicted molar refractivity (Wildman–Crippen MR) is 154 cm³/mol. The number of rotatable bonds is 8. The van der Waals surface area contributed by atoms with Crippen molar-refractivity contribution >= 4 is 29.4 Å². The topological polar surface area (TPSA) is 119 Å². The monoisotopic (exact) mass is 540 g/mol. The fourth-order valence-electron chi connectivity index (χ4n) is 3.70. The molecule has 2 aromatic heterocycles. The van der Waals surface area contributed by atoms with Crippen molar-refractivity contribution in [2.45, 2.75) is 33.3 Å². The minimum absolute atomic E-state index is 0.227. The summed E-state index contributed by atoms with van der Waals surface area (Å²) in [6, 6.07) is 19.5. The van der Waals surface area contributed by atoms with Crippen LogP contribution in [0.3, 0.4) is 0 Å². The number of alkyl carbamates (subject to hydrolysis) is 1. The zero-order valence-electron chi connectivity index (χ0n) is 22.9. The van der Waals surface area contributed by atoms with E-state index in [4.69, 9.17) is 9.47 Å². The lowest BCUT2D eigenvalue weighted by atomic mass is 10.2. The van der Waals surface area contributed by atoms with E-state index in [-0.39, 0.29) is 19.1 Å². The zero-order chi connectivity index (χ0) is 28.5. The van der Waals surface area contributed by atoms with Crippen LogP contribution in [0.25, 0.3) is 11.3 Å². The minimum Gasteiger partial charge on any atom is -0.492 e. The molecule has 206 valence electrons. The van der Waals surface area contributed by atoms with E-state index >= 15 is 0 Å². The van der Waals surface area contributed by atoms with Gasteiger partial charge in [-0.1, -0.05) is 18.2 Å². The van der Waals surface area contributed by atoms with Crippen LogP contribution in [0, 0.1) is 6.92 Å². The van der Waals surface area contributed by atoms with Gasteiger partial charge in [0, 0.05) is 29.8 Å². The molecule has 2 aromatic carbocycles. The Morgan fingerprint density at radius 2 is 1.73 bits per heavy atom. The number of hydrogen-bond acceptors (Lipinski definition) is 7. The summed E-state index contributed by atoms with van der Waals surface area (Å²) in [4.78, 5) is 40.0. The normalized spacial score (nSPS) is 10.9. The van der Waals surface area contributed by atoms with Crippen molar-refractivity contribution in [3.63, 3.8) is 0 Å². The van der Waals surface area contributed by atoms with Crippen LogP contribution in [0.15, 0.2) is 85.3 Å². The summed E-state index contributed by atoms with van der Waals surface area (Å²) in [5, 5.41) is 5.57. The van der Waals surface area contributed by atoms with Gasteiger partial charge in [-0.2, -0.15) is 0 Å². The summed E-state index contributed by atoms with van der Waals surface area (Å²) >= 11 is 0. The van der Waals surface area contributed by atoms with Crippen LogP contribution < -0.4 is 20.3 Å². The van der Waals surface area contributed by atoms with Gasteiger partial charge in [-0.15, -0.1) is 0 Å². The highest BCUT2D eigenvalue weighted by Crippen LogP contribution is 2.28. The lowest BCUT2D eigenvalue weighted by molar-refractivity contribution is 0.0520. The summed E-state index contributed by atoms with van der Waals surface area (Å²) in [6.45, 7) is 7.88. The SMILES string of the molecule is Cc1ccccc1N(C(=O)Nc1ccc(OCCNC(=O)OC(C)(C)C)cc1)c1nccc(-c2cccnc2)n1. The second-order valence-corrected chi connectivity index (χ2v) is 9.84. The molecule has 0 saturated heterocycles. The van der Waals surface area contributed by atoms with E-state index in [2.05, 4.69) is 25.6 Å². The van der Waals surface area contributed by atoms with Gasteiger partial charge in [0.25, 0.3) is 0 Å². The number of para-hydroxylation sites is 1. The first-order valence-electron chi connectivity index (χ1n) is 12.8. The third kappa shape index (κ3) is 7.76. The van der Waals surface area contributed by atoms with Crippen molar-refractivity contribution in [3.05, 3.63) is 90.9 Å². The van der Waals surface area contributed by atoms with E-state index < -0.39 is 17.7 Å². The van der Waals surface area contributed by atoms with Gasteiger partial charge in [0.2, 0.25) is 5.95 Å². The number of benzene rings is 2. The maximum absolute atomic E-state index is 13.6. The average molecular weight is 541 g/mol. The summed E-state index contributed by atoms with van der Waals surface area (Å²) < 4.78 is 10.9. The van der Waals surface area contributed by atoms with E-state index in [0.717, 1.165) is 11.1 Å². The van der Waals surface area contributed by atoms with E-state index in [1.165, 1.54) is 4.90 Å². The Morgan fingerprint density at radius 1 is 0.950 bits per heavy atom. The smallest absolute Gasteiger partial charge is 0.407 e. The molecule has 2 heterocycles. The molecule has 40 heavy (non-hydrogen) atoms. The molecule has 0 bridgehead atoms. The summed E-state index contributed by atoms with van der Waals surface area (Å²) in [5.41, 5.74) is 3.00. The third-order valence-corrected chi connectivity index (χ3v) is 5.50. The second-order valence-electron chi connectivity index (χ2n) is 9.84. The Kier molecular flexibility index (Phi) is 8.90. The molecule has 0 aliphatic rings. The number of nitrogens with zero attached hydrogens (tertiary/aromatic N) is 4. The van der Waals surface area contributed by atoms with Crippen molar-refractivity contribution in [3.8, 4) is 17.0 Å². The van der Waals surface area contributed by atoms with Gasteiger partial charge in [0.15, 0.2) is 0 Å². The Labute approximate surface area is 233 Å². The predicted octanol–water partition coefficient (Wildman–Crippen LogP) is 6.12. The maximum Gasteiger partial charge on any atom is 0.407 e. The largest absolute Gasteiger partial charge is 0.492 e. The number of aromatic nitrogens is 3. The van der Waals surface area contributed by atoms with Crippen molar-refractivity contribution in [2.75, 3.05) is 23.4 Å². The molecule has 4 rings (SSSR count). The number of hydrogen-bond donors (Lipinski definition) is 2. The number of pyridine rings is 1. The maximum atomic E-state index is 13.6. The first-order valence-corrected chi connectivity index (χ1v) is 12.8. The van der Waals surface area contributed by atoms with Crippen LogP contribution in [0.1, 0.15) is 26.3 Å². The number of amides is 3. The van der Waals surface area contributed by atoms with Crippen LogP contribution in [0.5, 0.6) is 5.75 Å². The molecule has 0 unspecified atom stereocenters. The molecule has 0 atom stereocenters. The van der Waals surface area contributed by atoms with Gasteiger partial charge < -0.3 is 20.1 Å². The third-order valence-electron chi connectivity index (χ3n) is 5.50. The quantitative estimate of drug-likeness (QED) is 0.258. The van der Waals surface area contributed by atoms with Gasteiger partial charge in [-0.3, -0.25) is 4.98 Å². The Balaban J connectivity index is 1.45. The van der Waals surface area contributed by atoms with Gasteiger partial charge in [-0.05, 0) is 81.8 Å². The highest BCUT2D eigenvalue weighted by atomic mass is 16.6. The van der Waals surface area contributed by atoms with Crippen molar-refractivity contribution in [2.24, 2.45) is 0 Å². The number of carbonyl (C=O) groups excluding carboxylic acids is 2. The Morgan fingerprint density at radius 3 is 2.42 bits per heavy atom. The van der Waals surface area contributed by atoms with E-state index in [1.807, 2.05) is 43.3 Å². The van der Waals surface area contributed by atoms with Crippen molar-refractivity contribution in [1.82, 2.24) is 20.3 Å². The highest BCUT2D eigenvalue weighted by Gasteiger charge is 2.23. The fraction of sp³-hybridized carbons (Fsp3) is 0.233. The molecule has 0 radical (unpaired) electrons. The molecule has 2 N–H and O–H groups in total. The number of urea groups is 1. The van der Waals surface area contributed by atoms with Crippen molar-refractivity contribution in [1.29, 1.82) is 0 Å². The molecule has 10 nitrogen and oxygen atoms in total. The fourth-order valence-corrected chi connectivity index (χ4v) is 3.70. The number of ether oxygens (including phenoxy) is 2. The molecule has 0 fully saturated rings. The Hall–Kier alpha value is -4.99. The molecule has 10 heteroatoms. The van der Waals surface area contributed by atoms with Gasteiger partial charge >= 0.3 is 12.1 Å². The first kappa shape index (κ1) is 28.0. The lowest BCUT2D eigenvalue weighted by Crippen LogP contribution is -2.34. The highest BCUT2D eigenvalue weighted by molar-refractivity contribution is 6.06. The molecular formula is C30H32N6O4. The van der Waals surface area contributed by atoms with E-state index in [0.29, 0.717) is 22.8 Å². The first-order chi connectivity index (χ1) is 19.2. The molecule has 0 aliphatic heterocycles. The van der Waals surface area contributed by atoms with E-state index in [9.17, 15) is 9.59 Å². The van der Waals surface area contributed by atoms with Gasteiger partial charge in [-0.25, -0.2) is 24.5 Å². The summed E-state index contributed by atoms with van der Waals surface area (Å²) in [5.74, 6) is 0.817. The van der Waals surface area contributed by atoms with Crippen molar-refractivity contribution < 1.29 is 19.1 Å². The zero-order valence-corrected chi connectivity index (χ0v) is 22.9. The number of carbonyl (C=O) groups is 2. The second kappa shape index (κ2) is 12.7. The molecule has 4 aromatic rings. The lowest BCUT2D eigenvalue weighted by Gasteiger charge is -2.23. The van der Waals surface area contributed by atoms with Crippen LogP contribution in [-0.2, 0) is 4.74 Å². The minimum atomic E-state index is -0.561. The summed E-state index contributed by atoms with van der Waals surface area (Å²) in [7, 11) is 0. The number of anilines is 3. The van der Waals surface area contributed by atoms with Gasteiger partial charge in [0.05, 0.1) is 17.9 Å². The number of nitrogens with one attached hydrogen (secondary N) is 2. The number of aryl methyl sites for hydroxylation is 1. The molecular weight excluding hydrogens is 508 g/mol. The molecule has 3 amide bonds. The molecule has 0 spiro atoms. The molecule has 0 aliphatic carbocycles. The Bertz CT molecular complexity index is 1440. The van der Waals surface area contributed by atoms with Crippen LogP contribution in [-0.4, -0.2) is 45.8 Å². The van der Waals surface area contributed by atoms with E-state index in [1.54, 1.807) is 69.7 Å². The standard InChI is InChI=1S/C30H32N6O4/c1-21-8-5-6-10-26(21)36(27-32-17-15-25(35-27)22-9-7-16-31-20-22)28(37)34-23-11-13-24(14-12-23)39-19-18-33-29(38)40-30(2,3)4/h5-17,20H,18-19H2,1-4H3,(H,33,38)(H,34,37). The summed E-state index contributed by atoms with van der Waals surface area (Å²) in [6.07, 6.45) is 4.52. The van der Waals surface area contributed by atoms with Crippen LogP contribution in [0.4, 0.5) is 26.9 Å². The van der Waals surface area contributed by atoms with Crippen LogP contribution >= 0.6 is 0 Å². The molecule has 0 saturated carbocycles. The van der Waals surface area contributed by atoms with Gasteiger partial charge in [0.1, 0.15) is 18.0 Å². The average Bonchev–Trinajstić information content (AvgIpc) is 2.93.